The van der Waals surface area contributed by atoms with Crippen LogP contribution in [-0.2, 0) is 0 Å². The van der Waals surface area contributed by atoms with Crippen molar-refractivity contribution in [1.82, 2.24) is 10.2 Å². The first-order valence-corrected chi connectivity index (χ1v) is 10.0. The quantitative estimate of drug-likeness (QED) is 0.351. The van der Waals surface area contributed by atoms with E-state index in [1.807, 2.05) is 0 Å². The van der Waals surface area contributed by atoms with Crippen molar-refractivity contribution < 1.29 is 0 Å². The largest absolute Gasteiger partial charge is 0.313 e. The molecule has 0 aromatic heterocycles. The van der Waals surface area contributed by atoms with Gasteiger partial charge in [0.1, 0.15) is 0 Å². The van der Waals surface area contributed by atoms with Crippen LogP contribution in [0.4, 0.5) is 0 Å². The number of nitrogens with one attached hydrogen (secondary N) is 1. The van der Waals surface area contributed by atoms with Gasteiger partial charge in [-0.05, 0) is 27.4 Å². The van der Waals surface area contributed by atoms with Crippen molar-refractivity contribution in [2.45, 2.75) is 103 Å². The molecule has 2 nitrogen and oxygen atoms in total. The molecule has 0 amide bonds. The highest BCUT2D eigenvalue weighted by Gasteiger charge is 2.01. The average molecular weight is 313 g/mol. The molecule has 0 aliphatic carbocycles. The fourth-order valence-electron chi connectivity index (χ4n) is 2.93. The zero-order valence-corrected chi connectivity index (χ0v) is 16.1. The SMILES string of the molecule is CCCCCCCCCCCCCCC(C)NCCN(C)C. The molecule has 1 atom stereocenters. The van der Waals surface area contributed by atoms with Gasteiger partial charge in [-0.2, -0.15) is 0 Å². The van der Waals surface area contributed by atoms with Crippen LogP contribution in [0.3, 0.4) is 0 Å². The van der Waals surface area contributed by atoms with Crippen LogP contribution in [-0.4, -0.2) is 38.1 Å². The first kappa shape index (κ1) is 21.9. The van der Waals surface area contributed by atoms with E-state index in [2.05, 4.69) is 38.2 Å². The third-order valence-electron chi connectivity index (χ3n) is 4.54. The van der Waals surface area contributed by atoms with E-state index in [1.165, 1.54) is 83.5 Å². The van der Waals surface area contributed by atoms with E-state index in [-0.39, 0.29) is 0 Å². The average Bonchev–Trinajstić information content (AvgIpc) is 2.48. The van der Waals surface area contributed by atoms with Crippen LogP contribution in [0.15, 0.2) is 0 Å². The number of hydrogen-bond donors (Lipinski definition) is 1. The van der Waals surface area contributed by atoms with E-state index in [0.29, 0.717) is 6.04 Å². The second kappa shape index (κ2) is 17.3. The first-order valence-electron chi connectivity index (χ1n) is 10.0. The van der Waals surface area contributed by atoms with Crippen LogP contribution < -0.4 is 5.32 Å². The topological polar surface area (TPSA) is 15.3 Å². The molecule has 0 saturated heterocycles. The van der Waals surface area contributed by atoms with Crippen molar-refractivity contribution in [3.63, 3.8) is 0 Å². The fourth-order valence-corrected chi connectivity index (χ4v) is 2.93. The molecule has 0 fully saturated rings. The highest BCUT2D eigenvalue weighted by molar-refractivity contribution is 4.61. The summed E-state index contributed by atoms with van der Waals surface area (Å²) in [5, 5.41) is 3.61. The van der Waals surface area contributed by atoms with Crippen molar-refractivity contribution in [2.75, 3.05) is 27.2 Å². The van der Waals surface area contributed by atoms with Crippen molar-refractivity contribution in [3.8, 4) is 0 Å². The van der Waals surface area contributed by atoms with Gasteiger partial charge in [0.25, 0.3) is 0 Å². The zero-order chi connectivity index (χ0) is 16.5. The number of unbranched alkanes of at least 4 members (excludes halogenated alkanes) is 11. The molecule has 0 aliphatic heterocycles. The van der Waals surface area contributed by atoms with E-state index in [0.717, 1.165) is 13.1 Å². The lowest BCUT2D eigenvalue weighted by Gasteiger charge is -2.16. The Morgan fingerprint density at radius 2 is 1.18 bits per heavy atom. The summed E-state index contributed by atoms with van der Waals surface area (Å²) in [6.07, 6.45) is 18.6. The minimum absolute atomic E-state index is 0.683. The molecule has 1 N–H and O–H groups in total. The summed E-state index contributed by atoms with van der Waals surface area (Å²) in [4.78, 5) is 2.24. The highest BCUT2D eigenvalue weighted by atomic mass is 15.1. The molecule has 0 rings (SSSR count). The minimum atomic E-state index is 0.683. The maximum absolute atomic E-state index is 3.61. The van der Waals surface area contributed by atoms with Crippen LogP contribution in [0.25, 0.3) is 0 Å². The van der Waals surface area contributed by atoms with E-state index in [1.54, 1.807) is 0 Å². The molecule has 1 unspecified atom stereocenters. The predicted molar refractivity (Wildman–Crippen MR) is 102 cm³/mol. The van der Waals surface area contributed by atoms with Crippen LogP contribution in [0.2, 0.25) is 0 Å². The van der Waals surface area contributed by atoms with Crippen LogP contribution in [0, 0.1) is 0 Å². The van der Waals surface area contributed by atoms with Crippen molar-refractivity contribution in [1.29, 1.82) is 0 Å². The first-order chi connectivity index (χ1) is 10.7. The van der Waals surface area contributed by atoms with E-state index in [4.69, 9.17) is 0 Å². The molecule has 22 heavy (non-hydrogen) atoms. The Balaban J connectivity index is 3.10. The normalized spacial score (nSPS) is 13.0. The van der Waals surface area contributed by atoms with Crippen molar-refractivity contribution in [2.24, 2.45) is 0 Å². The molecular weight excluding hydrogens is 268 g/mol. The smallest absolute Gasteiger partial charge is 0.0101 e. The molecule has 0 aromatic carbocycles. The third-order valence-corrected chi connectivity index (χ3v) is 4.54. The summed E-state index contributed by atoms with van der Waals surface area (Å²) in [7, 11) is 4.27. The van der Waals surface area contributed by atoms with Gasteiger partial charge >= 0.3 is 0 Å². The molecule has 0 saturated carbocycles. The number of nitrogens with zero attached hydrogens (tertiary/aromatic N) is 1. The second-order valence-corrected chi connectivity index (χ2v) is 7.34. The van der Waals surface area contributed by atoms with Gasteiger partial charge in [-0.25, -0.2) is 0 Å². The summed E-state index contributed by atoms with van der Waals surface area (Å²) >= 11 is 0. The van der Waals surface area contributed by atoms with Gasteiger partial charge in [0.2, 0.25) is 0 Å². The van der Waals surface area contributed by atoms with E-state index >= 15 is 0 Å². The Labute approximate surface area is 141 Å². The lowest BCUT2D eigenvalue weighted by molar-refractivity contribution is 0.379. The van der Waals surface area contributed by atoms with Crippen molar-refractivity contribution in [3.05, 3.63) is 0 Å². The molecule has 134 valence electrons. The van der Waals surface area contributed by atoms with Gasteiger partial charge < -0.3 is 10.2 Å². The molecule has 0 spiro atoms. The van der Waals surface area contributed by atoms with Crippen LogP contribution in [0.5, 0.6) is 0 Å². The molecule has 0 aromatic rings. The van der Waals surface area contributed by atoms with Gasteiger partial charge in [-0.15, -0.1) is 0 Å². The monoisotopic (exact) mass is 312 g/mol. The van der Waals surface area contributed by atoms with Gasteiger partial charge in [0.05, 0.1) is 0 Å². The Hall–Kier alpha value is -0.0800. The number of hydrogen-bond acceptors (Lipinski definition) is 2. The lowest BCUT2D eigenvalue weighted by atomic mass is 10.0. The Bertz CT molecular complexity index is 204. The molecule has 0 bridgehead atoms. The summed E-state index contributed by atoms with van der Waals surface area (Å²) < 4.78 is 0. The Morgan fingerprint density at radius 3 is 1.64 bits per heavy atom. The summed E-state index contributed by atoms with van der Waals surface area (Å²) in [6, 6.07) is 0.683. The fraction of sp³-hybridized carbons (Fsp3) is 1.00. The van der Waals surface area contributed by atoms with Crippen LogP contribution in [0.1, 0.15) is 97.3 Å². The zero-order valence-electron chi connectivity index (χ0n) is 16.1. The standard InChI is InChI=1S/C20H44N2/c1-5-6-7-8-9-10-11-12-13-14-15-16-17-20(2)21-18-19-22(3)4/h20-21H,5-19H2,1-4H3. The molecule has 0 heterocycles. The minimum Gasteiger partial charge on any atom is -0.313 e. The highest BCUT2D eigenvalue weighted by Crippen LogP contribution is 2.12. The summed E-state index contributed by atoms with van der Waals surface area (Å²) in [6.45, 7) is 6.88. The lowest BCUT2D eigenvalue weighted by Crippen LogP contribution is -2.32. The van der Waals surface area contributed by atoms with E-state index in [9.17, 15) is 0 Å². The predicted octanol–water partition coefficient (Wildman–Crippen LogP) is 5.62. The van der Waals surface area contributed by atoms with Crippen molar-refractivity contribution >= 4 is 0 Å². The van der Waals surface area contributed by atoms with Gasteiger partial charge in [-0.1, -0.05) is 84.0 Å². The number of likely N-dealkylation sites (N-methyl/N-ethyl adjacent to an activating group) is 1. The van der Waals surface area contributed by atoms with Gasteiger partial charge in [0, 0.05) is 19.1 Å². The Morgan fingerprint density at radius 1 is 0.727 bits per heavy atom. The number of rotatable bonds is 17. The van der Waals surface area contributed by atoms with E-state index < -0.39 is 0 Å². The molecular formula is C20H44N2. The second-order valence-electron chi connectivity index (χ2n) is 7.34. The maximum atomic E-state index is 3.61. The third kappa shape index (κ3) is 18.0. The Kier molecular flexibility index (Phi) is 17.2. The van der Waals surface area contributed by atoms with Gasteiger partial charge in [-0.3, -0.25) is 0 Å². The molecule has 2 heteroatoms. The molecule has 0 aliphatic rings. The molecule has 0 radical (unpaired) electrons. The summed E-state index contributed by atoms with van der Waals surface area (Å²) in [5.74, 6) is 0. The summed E-state index contributed by atoms with van der Waals surface area (Å²) in [5.41, 5.74) is 0. The maximum Gasteiger partial charge on any atom is 0.0101 e. The van der Waals surface area contributed by atoms with Crippen LogP contribution >= 0.6 is 0 Å². The van der Waals surface area contributed by atoms with Gasteiger partial charge in [0.15, 0.2) is 0 Å².